The summed E-state index contributed by atoms with van der Waals surface area (Å²) in [4.78, 5) is 3.89. The lowest BCUT2D eigenvalue weighted by Gasteiger charge is -2.35. The van der Waals surface area contributed by atoms with Gasteiger partial charge in [-0.25, -0.2) is 4.99 Å². The summed E-state index contributed by atoms with van der Waals surface area (Å²) in [6.45, 7) is 0. The lowest BCUT2D eigenvalue weighted by molar-refractivity contribution is -0.253. The van der Waals surface area contributed by atoms with Gasteiger partial charge in [0.2, 0.25) is 5.88 Å². The van der Waals surface area contributed by atoms with Gasteiger partial charge in [0.15, 0.2) is 0 Å². The summed E-state index contributed by atoms with van der Waals surface area (Å²) in [5.74, 6) is 0.119. The van der Waals surface area contributed by atoms with Gasteiger partial charge in [-0.3, -0.25) is 4.57 Å². The van der Waals surface area contributed by atoms with Crippen LogP contribution in [0.1, 0.15) is 5.56 Å². The Morgan fingerprint density at radius 1 is 0.793 bits per heavy atom. The van der Waals surface area contributed by atoms with Gasteiger partial charge in [0.05, 0.1) is 11.1 Å². The zero-order valence-electron chi connectivity index (χ0n) is 15.1. The van der Waals surface area contributed by atoms with Crippen LogP contribution in [0.25, 0.3) is 22.0 Å². The molecule has 0 saturated carbocycles. The molecule has 0 fully saturated rings. The fourth-order valence-electron chi connectivity index (χ4n) is 3.74. The molecular weight excluding hydrogens is 377 g/mol. The van der Waals surface area contributed by atoms with Crippen molar-refractivity contribution in [1.82, 2.24) is 4.57 Å². The van der Waals surface area contributed by atoms with Crippen LogP contribution < -0.4 is 4.74 Å². The zero-order valence-corrected chi connectivity index (χ0v) is 15.1. The molecule has 3 nitrogen and oxygen atoms in total. The second-order valence-electron chi connectivity index (χ2n) is 6.79. The lowest BCUT2D eigenvalue weighted by Crippen LogP contribution is -2.48. The van der Waals surface area contributed by atoms with Crippen LogP contribution in [0.15, 0.2) is 89.9 Å². The standard InChI is InChI=1S/C23H15F3N2O/c24-23(25,26)22(17-11-5-2-6-12-17)27-15-28-19-14-8-7-13-18(19)20(21(28)29-22)16-9-3-1-4-10-16/h1-15H. The average molecular weight is 392 g/mol. The molecule has 6 heteroatoms. The predicted molar refractivity (Wildman–Crippen MR) is 106 cm³/mol. The maximum absolute atomic E-state index is 14.3. The van der Waals surface area contributed by atoms with Gasteiger partial charge in [0.25, 0.3) is 0 Å². The molecule has 0 aliphatic carbocycles. The van der Waals surface area contributed by atoms with Gasteiger partial charge in [0.1, 0.15) is 6.34 Å². The normalized spacial score (nSPS) is 18.4. The van der Waals surface area contributed by atoms with Crippen LogP contribution >= 0.6 is 0 Å². The van der Waals surface area contributed by atoms with E-state index in [0.717, 1.165) is 16.5 Å². The van der Waals surface area contributed by atoms with Crippen LogP contribution in [0.4, 0.5) is 13.2 Å². The minimum atomic E-state index is -4.75. The van der Waals surface area contributed by atoms with E-state index in [2.05, 4.69) is 4.99 Å². The number of rotatable bonds is 2. The van der Waals surface area contributed by atoms with Crippen molar-refractivity contribution in [2.24, 2.45) is 4.99 Å². The molecule has 0 radical (unpaired) electrons. The number of fused-ring (bicyclic) bond motifs is 3. The van der Waals surface area contributed by atoms with Crippen LogP contribution in [0.3, 0.4) is 0 Å². The monoisotopic (exact) mass is 392 g/mol. The molecule has 0 amide bonds. The van der Waals surface area contributed by atoms with Crippen LogP contribution in [-0.4, -0.2) is 17.1 Å². The van der Waals surface area contributed by atoms with E-state index in [9.17, 15) is 13.2 Å². The Labute approximate surface area is 164 Å². The Morgan fingerprint density at radius 3 is 2.10 bits per heavy atom. The highest BCUT2D eigenvalue weighted by atomic mass is 19.4. The Morgan fingerprint density at radius 2 is 1.41 bits per heavy atom. The molecule has 29 heavy (non-hydrogen) atoms. The molecular formula is C23H15F3N2O. The van der Waals surface area contributed by atoms with Gasteiger partial charge in [-0.2, -0.15) is 13.2 Å². The van der Waals surface area contributed by atoms with E-state index in [1.807, 2.05) is 54.6 Å². The zero-order chi connectivity index (χ0) is 20.1. The summed E-state index contributed by atoms with van der Waals surface area (Å²) >= 11 is 0. The van der Waals surface area contributed by atoms with Crippen molar-refractivity contribution in [2.75, 3.05) is 0 Å². The van der Waals surface area contributed by atoms with Crippen LogP contribution in [0.2, 0.25) is 0 Å². The molecule has 0 N–H and O–H groups in total. The summed E-state index contributed by atoms with van der Waals surface area (Å²) in [5, 5.41) is 0.797. The molecule has 1 unspecified atom stereocenters. The quantitative estimate of drug-likeness (QED) is 0.411. The van der Waals surface area contributed by atoms with Gasteiger partial charge in [-0.05, 0) is 11.6 Å². The SMILES string of the molecule is FC(F)(F)C1(c2ccccc2)N=Cn2c(c(-c3ccccc3)c3ccccc32)O1. The van der Waals surface area contributed by atoms with E-state index in [1.54, 1.807) is 22.8 Å². The number of aliphatic imine (C=N–C) groups is 1. The summed E-state index contributed by atoms with van der Waals surface area (Å²) in [6, 6.07) is 24.2. The molecule has 4 aromatic rings. The number of alkyl halides is 3. The molecule has 1 aliphatic rings. The summed E-state index contributed by atoms with van der Waals surface area (Å²) in [6.07, 6.45) is -3.53. The fraction of sp³-hybridized carbons (Fsp3) is 0.0870. The largest absolute Gasteiger partial charge is 0.455 e. The highest BCUT2D eigenvalue weighted by Gasteiger charge is 2.61. The van der Waals surface area contributed by atoms with E-state index in [-0.39, 0.29) is 11.4 Å². The molecule has 3 aromatic carbocycles. The molecule has 1 aliphatic heterocycles. The third-order valence-electron chi connectivity index (χ3n) is 5.08. The molecule has 1 atom stereocenters. The molecule has 2 heterocycles. The van der Waals surface area contributed by atoms with E-state index in [4.69, 9.17) is 4.74 Å². The van der Waals surface area contributed by atoms with Gasteiger partial charge in [-0.1, -0.05) is 78.9 Å². The van der Waals surface area contributed by atoms with Gasteiger partial charge < -0.3 is 4.74 Å². The maximum atomic E-state index is 14.3. The smallest absolute Gasteiger partial charge is 0.436 e. The van der Waals surface area contributed by atoms with E-state index < -0.39 is 11.9 Å². The summed E-state index contributed by atoms with van der Waals surface area (Å²) in [5.41, 5.74) is -0.760. The van der Waals surface area contributed by atoms with Crippen molar-refractivity contribution in [2.45, 2.75) is 11.9 Å². The highest BCUT2D eigenvalue weighted by Crippen LogP contribution is 2.50. The molecule has 144 valence electrons. The van der Waals surface area contributed by atoms with Gasteiger partial charge in [-0.15, -0.1) is 0 Å². The number of nitrogens with zero attached hydrogens (tertiary/aromatic N) is 2. The number of hydrogen-bond donors (Lipinski definition) is 0. The molecule has 1 aromatic heterocycles. The van der Waals surface area contributed by atoms with Crippen molar-refractivity contribution in [1.29, 1.82) is 0 Å². The minimum Gasteiger partial charge on any atom is -0.436 e. The number of para-hydroxylation sites is 1. The Hall–Kier alpha value is -3.54. The third kappa shape index (κ3) is 2.56. The van der Waals surface area contributed by atoms with Crippen molar-refractivity contribution < 1.29 is 17.9 Å². The maximum Gasteiger partial charge on any atom is 0.455 e. The number of aromatic nitrogens is 1. The Bertz CT molecular complexity index is 1210. The van der Waals surface area contributed by atoms with Crippen molar-refractivity contribution in [3.63, 3.8) is 0 Å². The number of ether oxygens (including phenoxy) is 1. The van der Waals surface area contributed by atoms with Crippen LogP contribution in [0, 0.1) is 0 Å². The Kier molecular flexibility index (Phi) is 3.77. The lowest BCUT2D eigenvalue weighted by atomic mass is 10.0. The first-order valence-electron chi connectivity index (χ1n) is 9.06. The number of halogens is 3. The first kappa shape index (κ1) is 17.6. The summed E-state index contributed by atoms with van der Waals surface area (Å²) < 4.78 is 50.3. The van der Waals surface area contributed by atoms with E-state index in [1.165, 1.54) is 18.5 Å². The van der Waals surface area contributed by atoms with Crippen molar-refractivity contribution in [3.8, 4) is 17.0 Å². The molecule has 0 bridgehead atoms. The molecule has 5 rings (SSSR count). The van der Waals surface area contributed by atoms with E-state index in [0.29, 0.717) is 5.56 Å². The van der Waals surface area contributed by atoms with E-state index >= 15 is 0 Å². The van der Waals surface area contributed by atoms with Gasteiger partial charge in [0, 0.05) is 10.9 Å². The average Bonchev–Trinajstić information content (AvgIpc) is 3.07. The van der Waals surface area contributed by atoms with Crippen LogP contribution in [0.5, 0.6) is 5.88 Å². The second-order valence-corrected chi connectivity index (χ2v) is 6.79. The summed E-state index contributed by atoms with van der Waals surface area (Å²) in [7, 11) is 0. The molecule has 0 spiro atoms. The topological polar surface area (TPSA) is 26.5 Å². The number of hydrogen-bond acceptors (Lipinski definition) is 2. The molecule has 0 saturated heterocycles. The van der Waals surface area contributed by atoms with Crippen molar-refractivity contribution >= 4 is 17.2 Å². The third-order valence-corrected chi connectivity index (χ3v) is 5.08. The number of benzene rings is 3. The first-order valence-corrected chi connectivity index (χ1v) is 9.06. The second kappa shape index (κ2) is 6.24. The Balaban J connectivity index is 1.81. The predicted octanol–water partition coefficient (Wildman–Crippen LogP) is 5.99. The minimum absolute atomic E-state index is 0.0701. The van der Waals surface area contributed by atoms with Crippen molar-refractivity contribution in [3.05, 3.63) is 90.5 Å². The highest BCUT2D eigenvalue weighted by molar-refractivity contribution is 6.03. The van der Waals surface area contributed by atoms with Gasteiger partial charge >= 0.3 is 11.9 Å². The van der Waals surface area contributed by atoms with Crippen LogP contribution in [-0.2, 0) is 5.72 Å². The fourth-order valence-corrected chi connectivity index (χ4v) is 3.74. The first-order chi connectivity index (χ1) is 14.0.